The van der Waals surface area contributed by atoms with Crippen molar-refractivity contribution in [1.29, 1.82) is 0 Å². The van der Waals surface area contributed by atoms with Crippen LogP contribution in [0.15, 0.2) is 40.8 Å². The summed E-state index contributed by atoms with van der Waals surface area (Å²) in [6.45, 7) is 1.67. The fourth-order valence-electron chi connectivity index (χ4n) is 2.17. The molecule has 1 N–H and O–H groups in total. The average Bonchev–Trinajstić information content (AvgIpc) is 2.95. The molecule has 1 aromatic carbocycles. The highest BCUT2D eigenvalue weighted by atomic mass is 19.1. The van der Waals surface area contributed by atoms with Gasteiger partial charge in [0.15, 0.2) is 0 Å². The summed E-state index contributed by atoms with van der Waals surface area (Å²) < 4.78 is 18.8. The standard InChI is InChI=1S/C17H19FN2O3/c1-12-6-7-15(23-12)8-9-17(22)20(11-16(21)19-2)14-5-3-4-13(18)10-14/h3-7,10H,8-9,11H2,1-2H3,(H,19,21). The molecule has 2 amide bonds. The van der Waals surface area contributed by atoms with Crippen LogP contribution in [-0.2, 0) is 16.0 Å². The summed E-state index contributed by atoms with van der Waals surface area (Å²) in [4.78, 5) is 25.4. The quantitative estimate of drug-likeness (QED) is 0.890. The van der Waals surface area contributed by atoms with Crippen molar-refractivity contribution in [2.24, 2.45) is 0 Å². The second-order valence-electron chi connectivity index (χ2n) is 5.15. The number of hydrogen-bond donors (Lipinski definition) is 1. The lowest BCUT2D eigenvalue weighted by Gasteiger charge is -2.22. The van der Waals surface area contributed by atoms with Crippen molar-refractivity contribution in [3.63, 3.8) is 0 Å². The van der Waals surface area contributed by atoms with E-state index < -0.39 is 5.82 Å². The van der Waals surface area contributed by atoms with E-state index in [1.807, 2.05) is 19.1 Å². The van der Waals surface area contributed by atoms with Gasteiger partial charge < -0.3 is 14.6 Å². The van der Waals surface area contributed by atoms with Crippen molar-refractivity contribution < 1.29 is 18.4 Å². The zero-order valence-corrected chi connectivity index (χ0v) is 13.1. The number of carbonyl (C=O) groups excluding carboxylic acids is 2. The van der Waals surface area contributed by atoms with Gasteiger partial charge in [0, 0.05) is 25.6 Å². The first kappa shape index (κ1) is 16.7. The van der Waals surface area contributed by atoms with E-state index in [2.05, 4.69) is 5.32 Å². The van der Waals surface area contributed by atoms with Crippen LogP contribution in [0.3, 0.4) is 0 Å². The van der Waals surface area contributed by atoms with E-state index in [1.165, 1.54) is 30.1 Å². The SMILES string of the molecule is CNC(=O)CN(C(=O)CCc1ccc(C)o1)c1cccc(F)c1. The van der Waals surface area contributed by atoms with Crippen molar-refractivity contribution in [3.05, 3.63) is 53.7 Å². The Kier molecular flexibility index (Phi) is 5.51. The highest BCUT2D eigenvalue weighted by molar-refractivity contribution is 5.98. The lowest BCUT2D eigenvalue weighted by Crippen LogP contribution is -2.40. The molecule has 1 aromatic heterocycles. The molecule has 23 heavy (non-hydrogen) atoms. The van der Waals surface area contributed by atoms with Crippen LogP contribution in [0.25, 0.3) is 0 Å². The lowest BCUT2D eigenvalue weighted by molar-refractivity contribution is -0.123. The summed E-state index contributed by atoms with van der Waals surface area (Å²) in [6.07, 6.45) is 0.590. The number of hydrogen-bond acceptors (Lipinski definition) is 3. The first-order chi connectivity index (χ1) is 11.0. The van der Waals surface area contributed by atoms with Crippen molar-refractivity contribution >= 4 is 17.5 Å². The molecule has 5 nitrogen and oxygen atoms in total. The molecule has 2 aromatic rings. The minimum absolute atomic E-state index is 0.157. The van der Waals surface area contributed by atoms with Crippen molar-refractivity contribution in [1.82, 2.24) is 5.32 Å². The molecule has 0 saturated carbocycles. The molecule has 122 valence electrons. The Morgan fingerprint density at radius 1 is 1.26 bits per heavy atom. The molecular formula is C17H19FN2O3. The summed E-state index contributed by atoms with van der Waals surface area (Å²) in [7, 11) is 1.49. The molecule has 0 aliphatic carbocycles. The summed E-state index contributed by atoms with van der Waals surface area (Å²) in [5, 5.41) is 2.47. The third kappa shape index (κ3) is 4.67. The van der Waals surface area contributed by atoms with Gasteiger partial charge in [0.25, 0.3) is 0 Å². The number of likely N-dealkylation sites (N-methyl/N-ethyl adjacent to an activating group) is 1. The maximum absolute atomic E-state index is 13.4. The Morgan fingerprint density at radius 2 is 2.04 bits per heavy atom. The van der Waals surface area contributed by atoms with Crippen LogP contribution in [0.4, 0.5) is 10.1 Å². The van der Waals surface area contributed by atoms with E-state index in [0.29, 0.717) is 17.9 Å². The predicted molar refractivity (Wildman–Crippen MR) is 84.6 cm³/mol. The number of nitrogens with one attached hydrogen (secondary N) is 1. The molecule has 1 heterocycles. The Morgan fingerprint density at radius 3 is 2.65 bits per heavy atom. The van der Waals surface area contributed by atoms with Crippen LogP contribution in [-0.4, -0.2) is 25.4 Å². The zero-order valence-electron chi connectivity index (χ0n) is 13.1. The van der Waals surface area contributed by atoms with Crippen molar-refractivity contribution in [2.75, 3.05) is 18.5 Å². The Labute approximate surface area is 134 Å². The maximum atomic E-state index is 13.4. The number of halogens is 1. The van der Waals surface area contributed by atoms with E-state index in [-0.39, 0.29) is 24.8 Å². The Balaban J connectivity index is 2.12. The second-order valence-corrected chi connectivity index (χ2v) is 5.15. The molecule has 0 radical (unpaired) electrons. The van der Waals surface area contributed by atoms with E-state index in [9.17, 15) is 14.0 Å². The van der Waals surface area contributed by atoms with Gasteiger partial charge in [0.2, 0.25) is 11.8 Å². The topological polar surface area (TPSA) is 62.6 Å². The number of anilines is 1. The van der Waals surface area contributed by atoms with Gasteiger partial charge in [-0.2, -0.15) is 0 Å². The number of carbonyl (C=O) groups is 2. The van der Waals surface area contributed by atoms with E-state index in [1.54, 1.807) is 6.07 Å². The van der Waals surface area contributed by atoms with Gasteiger partial charge in [-0.1, -0.05) is 6.07 Å². The smallest absolute Gasteiger partial charge is 0.239 e. The van der Waals surface area contributed by atoms with Gasteiger partial charge in [-0.05, 0) is 37.3 Å². The average molecular weight is 318 g/mol. The van der Waals surface area contributed by atoms with E-state index in [4.69, 9.17) is 4.42 Å². The molecule has 2 rings (SSSR count). The molecule has 0 saturated heterocycles. The van der Waals surface area contributed by atoms with Gasteiger partial charge in [-0.25, -0.2) is 4.39 Å². The molecular weight excluding hydrogens is 299 g/mol. The Hall–Kier alpha value is -2.63. The minimum atomic E-state index is -0.459. The molecule has 0 unspecified atom stereocenters. The van der Waals surface area contributed by atoms with Gasteiger partial charge >= 0.3 is 0 Å². The van der Waals surface area contributed by atoms with Gasteiger partial charge in [0.1, 0.15) is 23.9 Å². The minimum Gasteiger partial charge on any atom is -0.466 e. The first-order valence-electron chi connectivity index (χ1n) is 7.31. The van der Waals surface area contributed by atoms with Crippen molar-refractivity contribution in [3.8, 4) is 0 Å². The van der Waals surface area contributed by atoms with Crippen LogP contribution < -0.4 is 10.2 Å². The van der Waals surface area contributed by atoms with Crippen molar-refractivity contribution in [2.45, 2.75) is 19.8 Å². The van der Waals surface area contributed by atoms with Crippen LogP contribution in [0.1, 0.15) is 17.9 Å². The second kappa shape index (κ2) is 7.58. The Bertz CT molecular complexity index is 697. The van der Waals surface area contributed by atoms with Gasteiger partial charge in [-0.3, -0.25) is 9.59 Å². The molecule has 0 bridgehead atoms. The van der Waals surface area contributed by atoms with Crippen LogP contribution in [0.2, 0.25) is 0 Å². The van der Waals surface area contributed by atoms with E-state index in [0.717, 1.165) is 5.76 Å². The van der Waals surface area contributed by atoms with E-state index >= 15 is 0 Å². The molecule has 0 spiro atoms. The normalized spacial score (nSPS) is 10.4. The molecule has 0 fully saturated rings. The third-order valence-corrected chi connectivity index (χ3v) is 3.38. The first-order valence-corrected chi connectivity index (χ1v) is 7.31. The maximum Gasteiger partial charge on any atom is 0.239 e. The number of nitrogens with zero attached hydrogens (tertiary/aromatic N) is 1. The zero-order chi connectivity index (χ0) is 16.8. The fraction of sp³-hybridized carbons (Fsp3) is 0.294. The number of amides is 2. The predicted octanol–water partition coefficient (Wildman–Crippen LogP) is 2.44. The summed E-state index contributed by atoms with van der Waals surface area (Å²) in [5.41, 5.74) is 0.356. The third-order valence-electron chi connectivity index (χ3n) is 3.38. The molecule has 0 atom stereocenters. The molecule has 0 aliphatic rings. The summed E-state index contributed by atoms with van der Waals surface area (Å²) in [6, 6.07) is 9.27. The van der Waals surface area contributed by atoms with Crippen LogP contribution in [0, 0.1) is 12.7 Å². The highest BCUT2D eigenvalue weighted by Gasteiger charge is 2.19. The summed E-state index contributed by atoms with van der Waals surface area (Å²) in [5.74, 6) is 0.429. The number of benzene rings is 1. The van der Waals surface area contributed by atoms with Gasteiger partial charge in [-0.15, -0.1) is 0 Å². The molecule has 0 aliphatic heterocycles. The lowest BCUT2D eigenvalue weighted by atomic mass is 10.2. The van der Waals surface area contributed by atoms with Crippen LogP contribution >= 0.6 is 0 Å². The van der Waals surface area contributed by atoms with Gasteiger partial charge in [0.05, 0.1) is 0 Å². The largest absolute Gasteiger partial charge is 0.466 e. The monoisotopic (exact) mass is 318 g/mol. The number of aryl methyl sites for hydroxylation is 2. The highest BCUT2D eigenvalue weighted by Crippen LogP contribution is 2.18. The van der Waals surface area contributed by atoms with Crippen LogP contribution in [0.5, 0.6) is 0 Å². The fourth-order valence-corrected chi connectivity index (χ4v) is 2.17. The molecule has 6 heteroatoms. The number of rotatable bonds is 6. The summed E-state index contributed by atoms with van der Waals surface area (Å²) >= 11 is 0. The number of furan rings is 1.